The number of carbonyl (C=O) groups is 2. The predicted molar refractivity (Wildman–Crippen MR) is 146 cm³/mol. The first-order chi connectivity index (χ1) is 17.2. The first-order valence-corrected chi connectivity index (χ1v) is 12.6. The molecule has 4 rings (SSSR count). The minimum atomic E-state index is -0.370. The van der Waals surface area contributed by atoms with Gasteiger partial charge in [0.15, 0.2) is 0 Å². The molecule has 0 aliphatic carbocycles. The number of hydrogen-bond acceptors (Lipinski definition) is 4. The Hall–Kier alpha value is -3.46. The highest BCUT2D eigenvalue weighted by Crippen LogP contribution is 2.25. The quantitative estimate of drug-likeness (QED) is 0.291. The van der Waals surface area contributed by atoms with Crippen LogP contribution in [0.25, 0.3) is 5.69 Å². The van der Waals surface area contributed by atoms with Crippen LogP contribution in [0.3, 0.4) is 0 Å². The number of hydrogen-bond donors (Lipinski definition) is 2. The van der Waals surface area contributed by atoms with Gasteiger partial charge in [0, 0.05) is 22.7 Å². The molecular weight excluding hydrogens is 519 g/mol. The first kappa shape index (κ1) is 25.6. The van der Waals surface area contributed by atoms with Gasteiger partial charge in [-0.3, -0.25) is 19.1 Å². The lowest BCUT2D eigenvalue weighted by Gasteiger charge is -2.09. The van der Waals surface area contributed by atoms with E-state index in [9.17, 15) is 14.4 Å². The Morgan fingerprint density at radius 3 is 2.42 bits per heavy atom. The van der Waals surface area contributed by atoms with Crippen molar-refractivity contribution in [3.63, 3.8) is 0 Å². The molecule has 0 aliphatic heterocycles. The summed E-state index contributed by atoms with van der Waals surface area (Å²) in [5, 5.41) is 6.25. The van der Waals surface area contributed by atoms with Gasteiger partial charge in [-0.05, 0) is 55.5 Å². The number of halogens is 2. The highest BCUT2D eigenvalue weighted by atomic mass is 35.5. The second-order valence-corrected chi connectivity index (χ2v) is 9.77. The van der Waals surface area contributed by atoms with Gasteiger partial charge in [0.2, 0.25) is 5.91 Å². The highest BCUT2D eigenvalue weighted by molar-refractivity contribution is 8.00. The number of benzene rings is 3. The van der Waals surface area contributed by atoms with Crippen LogP contribution in [0.5, 0.6) is 0 Å². The van der Waals surface area contributed by atoms with Crippen LogP contribution in [0.2, 0.25) is 10.0 Å². The lowest BCUT2D eigenvalue weighted by atomic mass is 10.2. The summed E-state index contributed by atoms with van der Waals surface area (Å²) in [5.74, 6) is -0.598. The fourth-order valence-electron chi connectivity index (χ4n) is 3.57. The molecule has 0 saturated heterocycles. The van der Waals surface area contributed by atoms with Crippen molar-refractivity contribution in [3.8, 4) is 5.69 Å². The van der Waals surface area contributed by atoms with Crippen molar-refractivity contribution in [2.75, 3.05) is 16.4 Å². The van der Waals surface area contributed by atoms with Crippen LogP contribution in [0.15, 0.2) is 82.5 Å². The molecule has 0 bridgehead atoms. The van der Waals surface area contributed by atoms with E-state index in [1.165, 1.54) is 22.5 Å². The molecule has 10 heteroatoms. The Balaban J connectivity index is 1.41. The van der Waals surface area contributed by atoms with Crippen LogP contribution in [0, 0.1) is 6.92 Å². The van der Waals surface area contributed by atoms with Crippen LogP contribution in [-0.2, 0) is 11.8 Å². The standard InChI is InChI=1S/C26H22Cl2N4O3S/c1-16-24(26(35)32(31(16)2)19-8-4-3-5-9-19)30-23(33)15-36-20-10-6-7-18(14-20)29-25(34)21-12-11-17(27)13-22(21)28/h3-14H,15H2,1-2H3,(H,29,34)(H,30,33). The molecular formula is C26H22Cl2N4O3S. The van der Waals surface area contributed by atoms with Gasteiger partial charge in [0.25, 0.3) is 11.5 Å². The number of aromatic nitrogens is 2. The summed E-state index contributed by atoms with van der Waals surface area (Å²) in [6.45, 7) is 1.78. The normalized spacial score (nSPS) is 10.8. The monoisotopic (exact) mass is 540 g/mol. The lowest BCUT2D eigenvalue weighted by Crippen LogP contribution is -2.23. The van der Waals surface area contributed by atoms with Gasteiger partial charge < -0.3 is 10.6 Å². The Morgan fingerprint density at radius 1 is 0.944 bits per heavy atom. The SMILES string of the molecule is Cc1c(NC(=O)CSc2cccc(NC(=O)c3ccc(Cl)cc3Cl)c2)c(=O)n(-c2ccccc2)n1C. The fourth-order valence-corrected chi connectivity index (χ4v) is 4.82. The minimum Gasteiger partial charge on any atom is -0.322 e. The number of amides is 2. The van der Waals surface area contributed by atoms with Crippen molar-refractivity contribution >= 4 is 58.2 Å². The van der Waals surface area contributed by atoms with E-state index < -0.39 is 0 Å². The summed E-state index contributed by atoms with van der Waals surface area (Å²) >= 11 is 13.3. The van der Waals surface area contributed by atoms with E-state index in [1.54, 1.807) is 49.0 Å². The van der Waals surface area contributed by atoms with Gasteiger partial charge in [0.05, 0.1) is 27.7 Å². The van der Waals surface area contributed by atoms with E-state index in [2.05, 4.69) is 10.6 Å². The molecule has 0 spiro atoms. The summed E-state index contributed by atoms with van der Waals surface area (Å²) in [5.41, 5.74) is 2.16. The number of para-hydroxylation sites is 1. The molecule has 0 atom stereocenters. The molecule has 4 aromatic rings. The van der Waals surface area contributed by atoms with Gasteiger partial charge in [-0.15, -0.1) is 11.8 Å². The molecule has 2 amide bonds. The van der Waals surface area contributed by atoms with Crippen molar-refractivity contribution in [3.05, 3.63) is 104 Å². The van der Waals surface area contributed by atoms with E-state index >= 15 is 0 Å². The summed E-state index contributed by atoms with van der Waals surface area (Å²) < 4.78 is 3.22. The summed E-state index contributed by atoms with van der Waals surface area (Å²) in [6.07, 6.45) is 0. The smallest absolute Gasteiger partial charge is 0.295 e. The van der Waals surface area contributed by atoms with Gasteiger partial charge in [-0.25, -0.2) is 4.68 Å². The maximum absolute atomic E-state index is 13.0. The van der Waals surface area contributed by atoms with Crippen molar-refractivity contribution in [1.82, 2.24) is 9.36 Å². The average Bonchev–Trinajstić information content (AvgIpc) is 3.06. The van der Waals surface area contributed by atoms with E-state index in [0.717, 1.165) is 4.90 Å². The van der Waals surface area contributed by atoms with Crippen molar-refractivity contribution in [2.24, 2.45) is 7.05 Å². The van der Waals surface area contributed by atoms with E-state index in [1.807, 2.05) is 36.4 Å². The van der Waals surface area contributed by atoms with Crippen LogP contribution in [-0.4, -0.2) is 26.9 Å². The predicted octanol–water partition coefficient (Wildman–Crippen LogP) is 5.77. The number of carbonyl (C=O) groups excluding carboxylic acids is 2. The third-order valence-electron chi connectivity index (χ3n) is 5.46. The largest absolute Gasteiger partial charge is 0.322 e. The molecule has 7 nitrogen and oxygen atoms in total. The van der Waals surface area contributed by atoms with Crippen molar-refractivity contribution < 1.29 is 9.59 Å². The van der Waals surface area contributed by atoms with Crippen molar-refractivity contribution in [1.29, 1.82) is 0 Å². The number of nitrogens with one attached hydrogen (secondary N) is 2. The zero-order valence-corrected chi connectivity index (χ0v) is 21.7. The Labute approximate surface area is 222 Å². The minimum absolute atomic E-state index is 0.0829. The second-order valence-electron chi connectivity index (χ2n) is 7.88. The van der Waals surface area contributed by atoms with Gasteiger partial charge >= 0.3 is 0 Å². The zero-order chi connectivity index (χ0) is 25.8. The maximum Gasteiger partial charge on any atom is 0.295 e. The number of thioether (sulfide) groups is 1. The molecule has 3 aromatic carbocycles. The molecule has 0 aliphatic rings. The van der Waals surface area contributed by atoms with Crippen LogP contribution in [0.4, 0.5) is 11.4 Å². The van der Waals surface area contributed by atoms with E-state index in [0.29, 0.717) is 27.7 Å². The molecule has 0 fully saturated rings. The third-order valence-corrected chi connectivity index (χ3v) is 7.00. The summed E-state index contributed by atoms with van der Waals surface area (Å²) in [7, 11) is 1.77. The Bertz CT molecular complexity index is 1500. The molecule has 2 N–H and O–H groups in total. The Morgan fingerprint density at radius 2 is 1.69 bits per heavy atom. The van der Waals surface area contributed by atoms with Gasteiger partial charge in [-0.2, -0.15) is 0 Å². The van der Waals surface area contributed by atoms with Crippen LogP contribution in [0.1, 0.15) is 16.1 Å². The zero-order valence-electron chi connectivity index (χ0n) is 19.4. The average molecular weight is 541 g/mol. The van der Waals surface area contributed by atoms with E-state index in [4.69, 9.17) is 23.2 Å². The highest BCUT2D eigenvalue weighted by Gasteiger charge is 2.18. The maximum atomic E-state index is 13.0. The number of anilines is 2. The molecule has 36 heavy (non-hydrogen) atoms. The lowest BCUT2D eigenvalue weighted by molar-refractivity contribution is -0.113. The molecule has 1 aromatic heterocycles. The van der Waals surface area contributed by atoms with Gasteiger partial charge in [0.1, 0.15) is 5.69 Å². The molecule has 1 heterocycles. The topological polar surface area (TPSA) is 85.1 Å². The molecule has 0 radical (unpaired) electrons. The fraction of sp³-hybridized carbons (Fsp3) is 0.115. The first-order valence-electron chi connectivity index (χ1n) is 10.9. The molecule has 0 unspecified atom stereocenters. The van der Waals surface area contributed by atoms with E-state index in [-0.39, 0.29) is 33.8 Å². The molecule has 184 valence electrons. The summed E-state index contributed by atoms with van der Waals surface area (Å²) in [6, 6.07) is 21.0. The number of nitrogens with zero attached hydrogens (tertiary/aromatic N) is 2. The van der Waals surface area contributed by atoms with Crippen molar-refractivity contribution in [2.45, 2.75) is 11.8 Å². The molecule has 0 saturated carbocycles. The third kappa shape index (κ3) is 5.67. The number of rotatable bonds is 7. The Kier molecular flexibility index (Phi) is 7.88. The summed E-state index contributed by atoms with van der Waals surface area (Å²) in [4.78, 5) is 39.0. The van der Waals surface area contributed by atoms with Gasteiger partial charge in [-0.1, -0.05) is 47.5 Å². The van der Waals surface area contributed by atoms with Crippen LogP contribution >= 0.6 is 35.0 Å². The second kappa shape index (κ2) is 11.1. The van der Waals surface area contributed by atoms with Crippen LogP contribution < -0.4 is 16.2 Å².